The predicted molar refractivity (Wildman–Crippen MR) is 90.2 cm³/mol. The Kier molecular flexibility index (Phi) is 6.41. The average Bonchev–Trinajstić information content (AvgIpc) is 2.61. The van der Waals surface area contributed by atoms with Crippen LogP contribution in [0.15, 0.2) is 52.7 Å². The van der Waals surface area contributed by atoms with Gasteiger partial charge in [0.05, 0.1) is 28.2 Å². The highest BCUT2D eigenvalue weighted by molar-refractivity contribution is 7.99. The fourth-order valence-corrected chi connectivity index (χ4v) is 2.52. The third-order valence-corrected chi connectivity index (χ3v) is 3.87. The molecule has 2 rings (SSSR count). The molecule has 2 aromatic rings. The topological polar surface area (TPSA) is 118 Å². The molecular formula is C15H14N4O4S. The highest BCUT2D eigenvalue weighted by Gasteiger charge is 2.14. The molecule has 24 heavy (non-hydrogen) atoms. The van der Waals surface area contributed by atoms with Crippen LogP contribution in [0.3, 0.4) is 0 Å². The minimum Gasteiger partial charge on any atom is -0.396 e. The summed E-state index contributed by atoms with van der Waals surface area (Å²) in [7, 11) is 0. The van der Waals surface area contributed by atoms with Crippen molar-refractivity contribution >= 4 is 29.6 Å². The number of aliphatic hydroxyl groups excluding tert-OH is 1. The van der Waals surface area contributed by atoms with Gasteiger partial charge >= 0.3 is 0 Å². The van der Waals surface area contributed by atoms with E-state index in [-0.39, 0.29) is 12.3 Å². The number of aromatic nitrogens is 1. The Hall–Kier alpha value is -2.78. The SMILES string of the molecule is O=C(NN=Cc1ccc(SCCO)c([N+](=O)[O-])c1)c1cccnc1. The lowest BCUT2D eigenvalue weighted by atomic mass is 10.2. The lowest BCUT2D eigenvalue weighted by Crippen LogP contribution is -2.17. The van der Waals surface area contributed by atoms with Crippen molar-refractivity contribution < 1.29 is 14.8 Å². The van der Waals surface area contributed by atoms with Crippen molar-refractivity contribution in [2.45, 2.75) is 4.90 Å². The number of thioether (sulfide) groups is 1. The van der Waals surface area contributed by atoms with E-state index >= 15 is 0 Å². The summed E-state index contributed by atoms with van der Waals surface area (Å²) in [5, 5.41) is 23.7. The minimum absolute atomic E-state index is 0.0641. The molecular weight excluding hydrogens is 332 g/mol. The molecule has 0 fully saturated rings. The third-order valence-electron chi connectivity index (χ3n) is 2.83. The zero-order valence-electron chi connectivity index (χ0n) is 12.5. The van der Waals surface area contributed by atoms with Gasteiger partial charge in [0.25, 0.3) is 11.6 Å². The number of hydrazone groups is 1. The maximum absolute atomic E-state index is 11.8. The van der Waals surface area contributed by atoms with Crippen LogP contribution in [0.5, 0.6) is 0 Å². The molecule has 9 heteroatoms. The van der Waals surface area contributed by atoms with Gasteiger partial charge in [0, 0.05) is 29.8 Å². The van der Waals surface area contributed by atoms with Crippen LogP contribution in [0, 0.1) is 10.1 Å². The molecule has 2 N–H and O–H groups in total. The molecule has 0 unspecified atom stereocenters. The van der Waals surface area contributed by atoms with E-state index in [0.29, 0.717) is 21.8 Å². The Morgan fingerprint density at radius 3 is 2.96 bits per heavy atom. The van der Waals surface area contributed by atoms with Crippen molar-refractivity contribution in [2.75, 3.05) is 12.4 Å². The highest BCUT2D eigenvalue weighted by Crippen LogP contribution is 2.29. The molecule has 124 valence electrons. The summed E-state index contributed by atoms with van der Waals surface area (Å²) in [6.07, 6.45) is 4.28. The number of carbonyl (C=O) groups excluding carboxylic acids is 1. The molecule has 0 aliphatic rings. The lowest BCUT2D eigenvalue weighted by Gasteiger charge is -2.03. The lowest BCUT2D eigenvalue weighted by molar-refractivity contribution is -0.387. The van der Waals surface area contributed by atoms with E-state index in [9.17, 15) is 14.9 Å². The maximum Gasteiger partial charge on any atom is 0.283 e. The molecule has 1 aromatic heterocycles. The molecule has 0 radical (unpaired) electrons. The molecule has 1 heterocycles. The number of rotatable bonds is 7. The van der Waals surface area contributed by atoms with Crippen molar-refractivity contribution in [3.05, 3.63) is 64.0 Å². The number of benzene rings is 1. The molecule has 1 aromatic carbocycles. The van der Waals surface area contributed by atoms with Crippen LogP contribution in [-0.4, -0.2) is 39.5 Å². The number of carbonyl (C=O) groups is 1. The molecule has 0 saturated carbocycles. The van der Waals surface area contributed by atoms with Gasteiger partial charge in [-0.05, 0) is 18.2 Å². The molecule has 0 atom stereocenters. The third kappa shape index (κ3) is 4.86. The van der Waals surface area contributed by atoms with Gasteiger partial charge < -0.3 is 5.11 Å². The zero-order valence-corrected chi connectivity index (χ0v) is 13.3. The van der Waals surface area contributed by atoms with Crippen molar-refractivity contribution in [1.29, 1.82) is 0 Å². The van der Waals surface area contributed by atoms with Crippen molar-refractivity contribution in [3.63, 3.8) is 0 Å². The van der Waals surface area contributed by atoms with Crippen molar-refractivity contribution in [1.82, 2.24) is 10.4 Å². The molecule has 0 saturated heterocycles. The Balaban J connectivity index is 2.07. The number of nitro benzene ring substituents is 1. The van der Waals surface area contributed by atoms with Crippen LogP contribution in [0.25, 0.3) is 0 Å². The van der Waals surface area contributed by atoms with Crippen LogP contribution in [0.4, 0.5) is 5.69 Å². The van der Waals surface area contributed by atoms with E-state index in [1.807, 2.05) is 0 Å². The highest BCUT2D eigenvalue weighted by atomic mass is 32.2. The largest absolute Gasteiger partial charge is 0.396 e. The van der Waals surface area contributed by atoms with Crippen molar-refractivity contribution in [3.8, 4) is 0 Å². The number of pyridine rings is 1. The molecule has 0 spiro atoms. The van der Waals surface area contributed by atoms with E-state index in [4.69, 9.17) is 5.11 Å². The van der Waals surface area contributed by atoms with Crippen LogP contribution >= 0.6 is 11.8 Å². The average molecular weight is 346 g/mol. The molecule has 1 amide bonds. The zero-order chi connectivity index (χ0) is 17.4. The number of nitrogens with zero attached hydrogens (tertiary/aromatic N) is 3. The first-order chi connectivity index (χ1) is 11.6. The van der Waals surface area contributed by atoms with Gasteiger partial charge in [0.2, 0.25) is 0 Å². The summed E-state index contributed by atoms with van der Waals surface area (Å²) in [6.45, 7) is -0.0641. The van der Waals surface area contributed by atoms with E-state index in [1.165, 1.54) is 30.2 Å². The second-order valence-corrected chi connectivity index (χ2v) is 5.63. The van der Waals surface area contributed by atoms with Crippen LogP contribution in [0.2, 0.25) is 0 Å². The molecule has 0 aliphatic heterocycles. The normalized spacial score (nSPS) is 10.7. The maximum atomic E-state index is 11.8. The number of hydrogen-bond acceptors (Lipinski definition) is 7. The molecule has 8 nitrogen and oxygen atoms in total. The van der Waals surface area contributed by atoms with Gasteiger partial charge in [-0.25, -0.2) is 5.43 Å². The summed E-state index contributed by atoms with van der Waals surface area (Å²) in [6, 6.07) is 7.81. The second-order valence-electron chi connectivity index (χ2n) is 4.50. The minimum atomic E-state index is -0.495. The van der Waals surface area contributed by atoms with E-state index in [1.54, 1.807) is 30.5 Å². The van der Waals surface area contributed by atoms with Crippen LogP contribution in [0.1, 0.15) is 15.9 Å². The van der Waals surface area contributed by atoms with E-state index in [0.717, 1.165) is 0 Å². The summed E-state index contributed by atoms with van der Waals surface area (Å²) < 4.78 is 0. The van der Waals surface area contributed by atoms with Gasteiger partial charge in [-0.1, -0.05) is 6.07 Å². The Morgan fingerprint density at radius 1 is 1.46 bits per heavy atom. The fraction of sp³-hybridized carbons (Fsp3) is 0.133. The van der Waals surface area contributed by atoms with Gasteiger partial charge in [0.15, 0.2) is 0 Å². The van der Waals surface area contributed by atoms with Gasteiger partial charge in [-0.3, -0.25) is 19.9 Å². The van der Waals surface area contributed by atoms with E-state index in [2.05, 4.69) is 15.5 Å². The first-order valence-corrected chi connectivity index (χ1v) is 7.86. The van der Waals surface area contributed by atoms with Crippen LogP contribution in [-0.2, 0) is 0 Å². The smallest absolute Gasteiger partial charge is 0.283 e. The molecule has 0 aliphatic carbocycles. The number of aliphatic hydroxyl groups is 1. The quantitative estimate of drug-likeness (QED) is 0.342. The fourth-order valence-electron chi connectivity index (χ4n) is 1.76. The van der Waals surface area contributed by atoms with Gasteiger partial charge in [-0.15, -0.1) is 11.8 Å². The van der Waals surface area contributed by atoms with Crippen molar-refractivity contribution in [2.24, 2.45) is 5.10 Å². The number of hydrogen-bond donors (Lipinski definition) is 2. The van der Waals surface area contributed by atoms with Gasteiger partial charge in [-0.2, -0.15) is 5.10 Å². The van der Waals surface area contributed by atoms with Gasteiger partial charge in [0.1, 0.15) is 0 Å². The Bertz CT molecular complexity index is 752. The summed E-state index contributed by atoms with van der Waals surface area (Å²) >= 11 is 1.20. The second kappa shape index (κ2) is 8.75. The Morgan fingerprint density at radius 2 is 2.29 bits per heavy atom. The first kappa shape index (κ1) is 17.6. The molecule has 0 bridgehead atoms. The predicted octanol–water partition coefficient (Wildman–Crippen LogP) is 1.84. The number of amides is 1. The Labute approximate surface area is 141 Å². The summed E-state index contributed by atoms with van der Waals surface area (Å²) in [5.74, 6) is -0.0564. The number of nitro groups is 1. The standard InChI is InChI=1S/C15H14N4O4S/c20-6-7-24-14-4-3-11(8-13(14)19(22)23)9-17-18-15(21)12-2-1-5-16-10-12/h1-5,8-10,20H,6-7H2,(H,18,21). The van der Waals surface area contributed by atoms with E-state index < -0.39 is 10.8 Å². The summed E-state index contributed by atoms with van der Waals surface area (Å²) in [4.78, 5) is 26.7. The first-order valence-electron chi connectivity index (χ1n) is 6.87. The summed E-state index contributed by atoms with van der Waals surface area (Å²) in [5.41, 5.74) is 3.09. The monoisotopic (exact) mass is 346 g/mol. The van der Waals surface area contributed by atoms with Crippen LogP contribution < -0.4 is 5.43 Å². The number of nitrogens with one attached hydrogen (secondary N) is 1.